The van der Waals surface area contributed by atoms with E-state index in [0.29, 0.717) is 5.69 Å². The van der Waals surface area contributed by atoms with Crippen LogP contribution in [0, 0.1) is 18.6 Å². The van der Waals surface area contributed by atoms with Crippen LogP contribution in [0.15, 0.2) is 30.3 Å². The van der Waals surface area contributed by atoms with E-state index in [0.717, 1.165) is 56.1 Å². The number of piperazine rings is 1. The maximum atomic E-state index is 13.4. The molecule has 1 amide bonds. The summed E-state index contributed by atoms with van der Waals surface area (Å²) in [7, 11) is 0. The summed E-state index contributed by atoms with van der Waals surface area (Å²) < 4.78 is 26.6. The van der Waals surface area contributed by atoms with Gasteiger partial charge >= 0.3 is 0 Å². The smallest absolute Gasteiger partial charge is 0.257 e. The van der Waals surface area contributed by atoms with Gasteiger partial charge in [-0.25, -0.2) is 8.78 Å². The minimum Gasteiger partial charge on any atom is -0.369 e. The van der Waals surface area contributed by atoms with Crippen molar-refractivity contribution < 1.29 is 13.6 Å². The maximum Gasteiger partial charge on any atom is 0.257 e. The van der Waals surface area contributed by atoms with Crippen LogP contribution in [0.3, 0.4) is 0 Å². The quantitative estimate of drug-likeness (QED) is 0.786. The molecule has 1 fully saturated rings. The van der Waals surface area contributed by atoms with Crippen LogP contribution in [0.4, 0.5) is 20.2 Å². The largest absolute Gasteiger partial charge is 0.369 e. The topological polar surface area (TPSA) is 35.6 Å². The van der Waals surface area contributed by atoms with Crippen LogP contribution in [0.2, 0.25) is 5.02 Å². The Morgan fingerprint density at radius 1 is 1.11 bits per heavy atom. The zero-order valence-electron chi connectivity index (χ0n) is 15.4. The first-order valence-corrected chi connectivity index (χ1v) is 9.30. The van der Waals surface area contributed by atoms with Gasteiger partial charge in [0.1, 0.15) is 0 Å². The molecule has 3 rings (SSSR count). The van der Waals surface area contributed by atoms with Gasteiger partial charge in [-0.1, -0.05) is 18.5 Å². The Kier molecular flexibility index (Phi) is 5.97. The molecule has 0 radical (unpaired) electrons. The van der Waals surface area contributed by atoms with Crippen LogP contribution in [0.25, 0.3) is 0 Å². The van der Waals surface area contributed by atoms with Crippen molar-refractivity contribution in [3.63, 3.8) is 0 Å². The Labute approximate surface area is 162 Å². The molecule has 0 aromatic heterocycles. The van der Waals surface area contributed by atoms with Crippen molar-refractivity contribution in [2.24, 2.45) is 0 Å². The van der Waals surface area contributed by atoms with Gasteiger partial charge in [0.2, 0.25) is 0 Å². The normalized spacial score (nSPS) is 15.1. The van der Waals surface area contributed by atoms with Crippen LogP contribution in [-0.4, -0.2) is 43.5 Å². The van der Waals surface area contributed by atoms with Gasteiger partial charge < -0.3 is 15.1 Å². The fourth-order valence-electron chi connectivity index (χ4n) is 3.19. The standard InChI is InChI=1S/C20H22ClF2N3O/c1-3-25-6-8-26(9-7-25)14-4-5-19(13(2)10-14)24-20(27)15-11-17(22)18(23)12-16(15)21/h4-5,10-12H,3,6-9H2,1-2H3,(H,24,27). The van der Waals surface area contributed by atoms with E-state index in [2.05, 4.69) is 22.0 Å². The Balaban J connectivity index is 1.73. The lowest BCUT2D eigenvalue weighted by molar-refractivity contribution is 0.102. The van der Waals surface area contributed by atoms with Crippen molar-refractivity contribution >= 4 is 28.9 Å². The summed E-state index contributed by atoms with van der Waals surface area (Å²) in [4.78, 5) is 17.1. The number of anilines is 2. The predicted molar refractivity (Wildman–Crippen MR) is 105 cm³/mol. The van der Waals surface area contributed by atoms with Crippen molar-refractivity contribution in [2.45, 2.75) is 13.8 Å². The van der Waals surface area contributed by atoms with E-state index in [-0.39, 0.29) is 10.6 Å². The lowest BCUT2D eigenvalue weighted by atomic mass is 10.1. The molecule has 0 aliphatic carbocycles. The molecule has 2 aromatic carbocycles. The van der Waals surface area contributed by atoms with E-state index in [1.165, 1.54) is 0 Å². The highest BCUT2D eigenvalue weighted by molar-refractivity contribution is 6.34. The number of amides is 1. The summed E-state index contributed by atoms with van der Waals surface area (Å²) in [5.74, 6) is -2.77. The van der Waals surface area contributed by atoms with Gasteiger partial charge in [0.25, 0.3) is 5.91 Å². The van der Waals surface area contributed by atoms with Crippen molar-refractivity contribution in [3.05, 3.63) is 58.1 Å². The van der Waals surface area contributed by atoms with Gasteiger partial charge in [0.05, 0.1) is 10.6 Å². The van der Waals surface area contributed by atoms with Crippen molar-refractivity contribution in [1.82, 2.24) is 4.90 Å². The second kappa shape index (κ2) is 8.23. The molecule has 1 aliphatic rings. The molecule has 0 bridgehead atoms. The molecule has 7 heteroatoms. The summed E-state index contributed by atoms with van der Waals surface area (Å²) in [6.07, 6.45) is 0. The first-order valence-electron chi connectivity index (χ1n) is 8.93. The molecule has 4 nitrogen and oxygen atoms in total. The van der Waals surface area contributed by atoms with Crippen molar-refractivity contribution in [2.75, 3.05) is 42.9 Å². The lowest BCUT2D eigenvalue weighted by Crippen LogP contribution is -2.46. The molecule has 144 valence electrons. The summed E-state index contributed by atoms with van der Waals surface area (Å²) >= 11 is 5.87. The van der Waals surface area contributed by atoms with Gasteiger partial charge in [-0.2, -0.15) is 0 Å². The number of nitrogens with zero attached hydrogens (tertiary/aromatic N) is 2. The molecule has 1 heterocycles. The highest BCUT2D eigenvalue weighted by Gasteiger charge is 2.18. The van der Waals surface area contributed by atoms with Crippen LogP contribution in [0.5, 0.6) is 0 Å². The highest BCUT2D eigenvalue weighted by Crippen LogP contribution is 2.26. The third kappa shape index (κ3) is 4.39. The van der Waals surface area contributed by atoms with Crippen LogP contribution in [-0.2, 0) is 0 Å². The van der Waals surface area contributed by atoms with Crippen LogP contribution < -0.4 is 10.2 Å². The number of carbonyl (C=O) groups is 1. The fraction of sp³-hybridized carbons (Fsp3) is 0.350. The second-order valence-corrected chi connectivity index (χ2v) is 7.03. The maximum absolute atomic E-state index is 13.4. The third-order valence-electron chi connectivity index (χ3n) is 4.90. The molecular weight excluding hydrogens is 372 g/mol. The number of rotatable bonds is 4. The van der Waals surface area contributed by atoms with E-state index in [9.17, 15) is 13.6 Å². The van der Waals surface area contributed by atoms with E-state index < -0.39 is 17.5 Å². The first kappa shape index (κ1) is 19.6. The zero-order valence-corrected chi connectivity index (χ0v) is 16.1. The number of likely N-dealkylation sites (N-methyl/N-ethyl adjacent to an activating group) is 1. The number of nitrogens with one attached hydrogen (secondary N) is 1. The number of aryl methyl sites for hydroxylation is 1. The summed E-state index contributed by atoms with van der Waals surface area (Å²) in [5, 5.41) is 2.59. The van der Waals surface area contributed by atoms with Gasteiger partial charge in [-0.3, -0.25) is 4.79 Å². The Bertz CT molecular complexity index is 851. The Morgan fingerprint density at radius 3 is 2.41 bits per heavy atom. The molecule has 1 saturated heterocycles. The molecule has 0 unspecified atom stereocenters. The van der Waals surface area contributed by atoms with E-state index >= 15 is 0 Å². The number of carbonyl (C=O) groups excluding carboxylic acids is 1. The van der Waals surface area contributed by atoms with Crippen LogP contribution in [0.1, 0.15) is 22.8 Å². The van der Waals surface area contributed by atoms with E-state index in [4.69, 9.17) is 11.6 Å². The number of hydrogen-bond donors (Lipinski definition) is 1. The number of halogens is 3. The Hall–Kier alpha value is -2.18. The minimum atomic E-state index is -1.11. The molecule has 27 heavy (non-hydrogen) atoms. The predicted octanol–water partition coefficient (Wildman–Crippen LogP) is 4.32. The third-order valence-corrected chi connectivity index (χ3v) is 5.21. The van der Waals surface area contributed by atoms with Gasteiger partial charge in [-0.15, -0.1) is 0 Å². The molecular formula is C20H22ClF2N3O. The molecule has 0 spiro atoms. The summed E-state index contributed by atoms with van der Waals surface area (Å²) in [5.41, 5.74) is 2.50. The summed E-state index contributed by atoms with van der Waals surface area (Å²) in [6.45, 7) is 9.10. The zero-order chi connectivity index (χ0) is 19.6. The SMILES string of the molecule is CCN1CCN(c2ccc(NC(=O)c3cc(F)c(F)cc3Cl)c(C)c2)CC1. The molecule has 1 N–H and O–H groups in total. The first-order chi connectivity index (χ1) is 12.9. The van der Waals surface area contributed by atoms with Gasteiger partial charge in [0.15, 0.2) is 11.6 Å². The average molecular weight is 394 g/mol. The van der Waals surface area contributed by atoms with Crippen molar-refractivity contribution in [1.29, 1.82) is 0 Å². The Morgan fingerprint density at radius 2 is 1.78 bits per heavy atom. The van der Waals surface area contributed by atoms with Crippen molar-refractivity contribution in [3.8, 4) is 0 Å². The molecule has 2 aromatic rings. The van der Waals surface area contributed by atoms with E-state index in [1.807, 2.05) is 25.1 Å². The summed E-state index contributed by atoms with van der Waals surface area (Å²) in [6, 6.07) is 7.41. The fourth-order valence-corrected chi connectivity index (χ4v) is 3.43. The monoisotopic (exact) mass is 393 g/mol. The lowest BCUT2D eigenvalue weighted by Gasteiger charge is -2.35. The van der Waals surface area contributed by atoms with Gasteiger partial charge in [-0.05, 0) is 49.4 Å². The average Bonchev–Trinajstić information content (AvgIpc) is 2.66. The van der Waals surface area contributed by atoms with E-state index in [1.54, 1.807) is 0 Å². The minimum absolute atomic E-state index is 0.102. The van der Waals surface area contributed by atoms with Gasteiger partial charge in [0, 0.05) is 37.6 Å². The number of benzene rings is 2. The van der Waals surface area contributed by atoms with Crippen LogP contribution >= 0.6 is 11.6 Å². The highest BCUT2D eigenvalue weighted by atomic mass is 35.5. The second-order valence-electron chi connectivity index (χ2n) is 6.62. The number of hydrogen-bond acceptors (Lipinski definition) is 3. The molecule has 1 aliphatic heterocycles. The molecule has 0 atom stereocenters. The molecule has 0 saturated carbocycles.